The largest absolute Gasteiger partial charge is 0.493 e. The van der Waals surface area contributed by atoms with E-state index in [0.29, 0.717) is 17.9 Å². The summed E-state index contributed by atoms with van der Waals surface area (Å²) in [5.74, 6) is 0.986. The molecule has 2 aromatic carbocycles. The summed E-state index contributed by atoms with van der Waals surface area (Å²) in [7, 11) is 1.65. The molecule has 1 amide bonds. The fourth-order valence-corrected chi connectivity index (χ4v) is 3.94. The van der Waals surface area contributed by atoms with Crippen LogP contribution in [0.3, 0.4) is 0 Å². The Balaban J connectivity index is 1.73. The lowest BCUT2D eigenvalue weighted by atomic mass is 10.1. The van der Waals surface area contributed by atoms with E-state index < -0.39 is 5.91 Å². The van der Waals surface area contributed by atoms with Gasteiger partial charge in [-0.25, -0.2) is 0 Å². The molecule has 1 heterocycles. The van der Waals surface area contributed by atoms with E-state index in [0.717, 1.165) is 35.5 Å². The number of amides is 1. The van der Waals surface area contributed by atoms with Gasteiger partial charge in [0.1, 0.15) is 0 Å². The average Bonchev–Trinajstić information content (AvgIpc) is 3.31. The van der Waals surface area contributed by atoms with Gasteiger partial charge < -0.3 is 20.1 Å². The molecule has 6 nitrogen and oxygen atoms in total. The van der Waals surface area contributed by atoms with E-state index in [4.69, 9.17) is 15.2 Å². The molecule has 160 valence electrons. The molecule has 0 unspecified atom stereocenters. The topological polar surface area (TPSA) is 77.7 Å². The molecule has 0 radical (unpaired) electrons. The van der Waals surface area contributed by atoms with Crippen LogP contribution in [0, 0.1) is 0 Å². The Bertz CT molecular complexity index is 1030. The number of aromatic nitrogens is 1. The van der Waals surface area contributed by atoms with Crippen molar-refractivity contribution in [2.45, 2.75) is 38.3 Å². The first-order valence-corrected chi connectivity index (χ1v) is 10.5. The van der Waals surface area contributed by atoms with E-state index in [1.54, 1.807) is 25.4 Å². The minimum atomic E-state index is -0.455. The number of benzene rings is 2. The molecule has 4 rings (SSSR count). The van der Waals surface area contributed by atoms with E-state index in [2.05, 4.69) is 9.88 Å². The summed E-state index contributed by atoms with van der Waals surface area (Å²) in [6.07, 6.45) is 8.32. The number of carbonyl (C=O) groups excluding carboxylic acids is 1. The van der Waals surface area contributed by atoms with E-state index in [-0.39, 0.29) is 6.10 Å². The first-order chi connectivity index (χ1) is 15.1. The zero-order valence-corrected chi connectivity index (χ0v) is 17.7. The summed E-state index contributed by atoms with van der Waals surface area (Å²) in [4.78, 5) is 18.1. The van der Waals surface area contributed by atoms with Gasteiger partial charge in [-0.3, -0.25) is 9.78 Å². The van der Waals surface area contributed by atoms with Gasteiger partial charge >= 0.3 is 0 Å². The van der Waals surface area contributed by atoms with Crippen molar-refractivity contribution < 1.29 is 14.3 Å². The molecule has 6 heteroatoms. The van der Waals surface area contributed by atoms with Crippen molar-refractivity contribution in [3.05, 3.63) is 78.1 Å². The first-order valence-electron chi connectivity index (χ1n) is 10.5. The maximum Gasteiger partial charge on any atom is 0.248 e. The number of ether oxygens (including phenoxy) is 2. The summed E-state index contributed by atoms with van der Waals surface area (Å²) >= 11 is 0. The van der Waals surface area contributed by atoms with Gasteiger partial charge in [0.15, 0.2) is 11.5 Å². The molecule has 0 bridgehead atoms. The Morgan fingerprint density at radius 1 is 1.06 bits per heavy atom. The highest BCUT2D eigenvalue weighted by atomic mass is 16.5. The van der Waals surface area contributed by atoms with Crippen molar-refractivity contribution >= 4 is 17.3 Å². The lowest BCUT2D eigenvalue weighted by molar-refractivity contribution is 0.100. The van der Waals surface area contributed by atoms with E-state index in [9.17, 15) is 4.79 Å². The standard InChI is InChI=1S/C25H27N3O3/c1-30-23-12-11-21(15-24(23)31-22-9-2-3-10-22)28(17-18-6-5-13-27-16-18)20-8-4-7-19(14-20)25(26)29/h4-8,11-16,22H,2-3,9-10,17H2,1H3,(H2,26,29). The number of hydrogen-bond acceptors (Lipinski definition) is 5. The van der Waals surface area contributed by atoms with Crippen molar-refractivity contribution in [3.63, 3.8) is 0 Å². The van der Waals surface area contributed by atoms with Crippen LogP contribution < -0.4 is 20.1 Å². The first kappa shape index (κ1) is 20.7. The normalized spacial score (nSPS) is 13.7. The van der Waals surface area contributed by atoms with Crippen LogP contribution in [0.25, 0.3) is 0 Å². The molecule has 1 aromatic heterocycles. The number of anilines is 2. The monoisotopic (exact) mass is 417 g/mol. The second-order valence-electron chi connectivity index (χ2n) is 7.72. The predicted octanol–water partition coefficient (Wildman–Crippen LogP) is 4.85. The zero-order valence-electron chi connectivity index (χ0n) is 17.7. The van der Waals surface area contributed by atoms with Gasteiger partial charge in [-0.2, -0.15) is 0 Å². The Kier molecular flexibility index (Phi) is 6.36. The van der Waals surface area contributed by atoms with Crippen LogP contribution in [0.5, 0.6) is 11.5 Å². The minimum Gasteiger partial charge on any atom is -0.493 e. The number of hydrogen-bond donors (Lipinski definition) is 1. The van der Waals surface area contributed by atoms with Crippen molar-refractivity contribution in [1.82, 2.24) is 4.98 Å². The molecule has 1 saturated carbocycles. The lowest BCUT2D eigenvalue weighted by Crippen LogP contribution is -2.19. The van der Waals surface area contributed by atoms with E-state index in [1.165, 1.54) is 12.8 Å². The van der Waals surface area contributed by atoms with E-state index >= 15 is 0 Å². The number of nitrogens with two attached hydrogens (primary N) is 1. The number of primary amides is 1. The fraction of sp³-hybridized carbons (Fsp3) is 0.280. The molecule has 1 aliphatic rings. The average molecular weight is 418 g/mol. The third kappa shape index (κ3) is 4.97. The van der Waals surface area contributed by atoms with Gasteiger partial charge in [0.2, 0.25) is 5.91 Å². The minimum absolute atomic E-state index is 0.217. The molecule has 0 atom stereocenters. The maximum absolute atomic E-state index is 11.8. The van der Waals surface area contributed by atoms with Crippen LogP contribution in [0.1, 0.15) is 41.6 Å². The van der Waals surface area contributed by atoms with Crippen LogP contribution in [0.4, 0.5) is 11.4 Å². The fourth-order valence-electron chi connectivity index (χ4n) is 3.94. The maximum atomic E-state index is 11.8. The highest BCUT2D eigenvalue weighted by Gasteiger charge is 2.20. The quantitative estimate of drug-likeness (QED) is 0.567. The third-order valence-electron chi connectivity index (χ3n) is 5.56. The van der Waals surface area contributed by atoms with Crippen molar-refractivity contribution in [2.24, 2.45) is 5.73 Å². The third-order valence-corrected chi connectivity index (χ3v) is 5.56. The van der Waals surface area contributed by atoms with Crippen LogP contribution in [-0.4, -0.2) is 24.1 Å². The molecule has 31 heavy (non-hydrogen) atoms. The van der Waals surface area contributed by atoms with Crippen LogP contribution in [0.2, 0.25) is 0 Å². The van der Waals surface area contributed by atoms with Gasteiger partial charge in [-0.1, -0.05) is 12.1 Å². The molecule has 0 spiro atoms. The molecular weight excluding hydrogens is 390 g/mol. The number of carbonyl (C=O) groups is 1. The molecule has 3 aromatic rings. The molecule has 0 aliphatic heterocycles. The molecule has 2 N–H and O–H groups in total. The predicted molar refractivity (Wildman–Crippen MR) is 121 cm³/mol. The zero-order chi connectivity index (χ0) is 21.6. The van der Waals surface area contributed by atoms with Gasteiger partial charge in [-0.05, 0) is 67.6 Å². The van der Waals surface area contributed by atoms with Gasteiger partial charge in [0.25, 0.3) is 0 Å². The highest BCUT2D eigenvalue weighted by molar-refractivity contribution is 5.94. The van der Waals surface area contributed by atoms with Crippen molar-refractivity contribution in [3.8, 4) is 11.5 Å². The van der Waals surface area contributed by atoms with Crippen LogP contribution in [0.15, 0.2) is 67.0 Å². The summed E-state index contributed by atoms with van der Waals surface area (Å²) in [6, 6.07) is 17.2. The Hall–Kier alpha value is -3.54. The Labute approximate surface area is 182 Å². The highest BCUT2D eigenvalue weighted by Crippen LogP contribution is 2.37. The number of pyridine rings is 1. The van der Waals surface area contributed by atoms with Crippen LogP contribution in [-0.2, 0) is 6.54 Å². The molecular formula is C25H27N3O3. The lowest BCUT2D eigenvalue weighted by Gasteiger charge is -2.27. The molecule has 1 aliphatic carbocycles. The Morgan fingerprint density at radius 3 is 2.58 bits per heavy atom. The Morgan fingerprint density at radius 2 is 1.87 bits per heavy atom. The SMILES string of the molecule is COc1ccc(N(Cc2cccnc2)c2cccc(C(N)=O)c2)cc1OC1CCCC1. The van der Waals surface area contributed by atoms with Gasteiger partial charge in [0, 0.05) is 41.9 Å². The smallest absolute Gasteiger partial charge is 0.248 e. The number of rotatable bonds is 8. The second-order valence-corrected chi connectivity index (χ2v) is 7.72. The number of methoxy groups -OCH3 is 1. The molecule has 1 fully saturated rings. The summed E-state index contributed by atoms with van der Waals surface area (Å²) < 4.78 is 11.8. The summed E-state index contributed by atoms with van der Waals surface area (Å²) in [5, 5.41) is 0. The van der Waals surface area contributed by atoms with E-state index in [1.807, 2.05) is 48.7 Å². The number of nitrogens with zero attached hydrogens (tertiary/aromatic N) is 2. The van der Waals surface area contributed by atoms with Gasteiger partial charge in [0.05, 0.1) is 13.2 Å². The van der Waals surface area contributed by atoms with Crippen LogP contribution >= 0.6 is 0 Å². The van der Waals surface area contributed by atoms with Crippen molar-refractivity contribution in [1.29, 1.82) is 0 Å². The summed E-state index contributed by atoms with van der Waals surface area (Å²) in [6.45, 7) is 0.575. The summed E-state index contributed by atoms with van der Waals surface area (Å²) in [5.41, 5.74) is 8.82. The molecule has 0 saturated heterocycles. The second kappa shape index (κ2) is 9.51. The van der Waals surface area contributed by atoms with Gasteiger partial charge in [-0.15, -0.1) is 0 Å². The van der Waals surface area contributed by atoms with Crippen molar-refractivity contribution in [2.75, 3.05) is 12.0 Å².